The van der Waals surface area contributed by atoms with Crippen molar-refractivity contribution in [1.29, 1.82) is 0 Å². The predicted molar refractivity (Wildman–Crippen MR) is 80.8 cm³/mol. The van der Waals surface area contributed by atoms with Crippen LogP contribution in [0.5, 0.6) is 5.75 Å². The Balaban J connectivity index is 2.70. The van der Waals surface area contributed by atoms with Crippen molar-refractivity contribution in [3.8, 4) is 5.75 Å². The fourth-order valence-corrected chi connectivity index (χ4v) is 2.84. The van der Waals surface area contributed by atoms with Gasteiger partial charge in [0, 0.05) is 0 Å². The van der Waals surface area contributed by atoms with Crippen LogP contribution in [0.3, 0.4) is 0 Å². The number of methoxy groups -OCH3 is 1. The Hall–Kier alpha value is -0.730. The highest BCUT2D eigenvalue weighted by molar-refractivity contribution is 6.31. The average molecular weight is 285 g/mol. The normalized spacial score (nSPS) is 15.1. The average Bonchev–Trinajstić information content (AvgIpc) is 2.25. The first-order chi connectivity index (χ1) is 8.73. The van der Waals surface area contributed by atoms with Gasteiger partial charge in [-0.05, 0) is 41.9 Å². The number of hydrogen-bond donors (Lipinski definition) is 1. The molecule has 108 valence electrons. The van der Waals surface area contributed by atoms with Crippen molar-refractivity contribution in [1.82, 2.24) is 0 Å². The number of aliphatic hydroxyl groups excluding tert-OH is 1. The third-order valence-corrected chi connectivity index (χ3v) is 3.48. The van der Waals surface area contributed by atoms with Crippen molar-refractivity contribution in [2.24, 2.45) is 11.3 Å². The molecule has 0 spiro atoms. The Kier molecular flexibility index (Phi) is 5.69. The highest BCUT2D eigenvalue weighted by atomic mass is 35.5. The van der Waals surface area contributed by atoms with Gasteiger partial charge in [0.1, 0.15) is 5.75 Å². The second-order valence-corrected chi connectivity index (χ2v) is 6.92. The Morgan fingerprint density at radius 2 is 1.95 bits per heavy atom. The Morgan fingerprint density at radius 1 is 1.32 bits per heavy atom. The van der Waals surface area contributed by atoms with Gasteiger partial charge in [-0.2, -0.15) is 0 Å². The fraction of sp³-hybridized carbons (Fsp3) is 0.625. The van der Waals surface area contributed by atoms with Crippen LogP contribution in [0.15, 0.2) is 18.2 Å². The van der Waals surface area contributed by atoms with Gasteiger partial charge in [-0.25, -0.2) is 0 Å². The van der Waals surface area contributed by atoms with Crippen molar-refractivity contribution in [2.45, 2.75) is 46.6 Å². The molecule has 0 fully saturated rings. The molecule has 2 atom stereocenters. The molecule has 0 aromatic heterocycles. The van der Waals surface area contributed by atoms with Crippen LogP contribution in [-0.2, 0) is 0 Å². The highest BCUT2D eigenvalue weighted by Gasteiger charge is 2.20. The van der Waals surface area contributed by atoms with Gasteiger partial charge in [-0.1, -0.05) is 45.4 Å². The maximum absolute atomic E-state index is 10.3. The first-order valence-electron chi connectivity index (χ1n) is 6.74. The van der Waals surface area contributed by atoms with E-state index in [4.69, 9.17) is 16.3 Å². The lowest BCUT2D eigenvalue weighted by atomic mass is 9.82. The molecule has 1 rings (SSSR count). The van der Waals surface area contributed by atoms with Crippen LogP contribution in [0.4, 0.5) is 0 Å². The first-order valence-corrected chi connectivity index (χ1v) is 7.12. The summed E-state index contributed by atoms with van der Waals surface area (Å²) in [5, 5.41) is 10.9. The summed E-state index contributed by atoms with van der Waals surface area (Å²) >= 11 is 6.18. The van der Waals surface area contributed by atoms with E-state index >= 15 is 0 Å². The number of hydrogen-bond acceptors (Lipinski definition) is 2. The van der Waals surface area contributed by atoms with E-state index in [0.29, 0.717) is 16.7 Å². The molecule has 19 heavy (non-hydrogen) atoms. The molecule has 0 amide bonds. The van der Waals surface area contributed by atoms with Gasteiger partial charge in [0.15, 0.2) is 0 Å². The highest BCUT2D eigenvalue weighted by Crippen LogP contribution is 2.34. The summed E-state index contributed by atoms with van der Waals surface area (Å²) < 4.78 is 5.11. The Morgan fingerprint density at radius 3 is 2.42 bits per heavy atom. The Bertz CT molecular complexity index is 410. The van der Waals surface area contributed by atoms with Crippen LogP contribution in [0.25, 0.3) is 0 Å². The monoisotopic (exact) mass is 284 g/mol. The molecule has 0 aliphatic carbocycles. The minimum Gasteiger partial charge on any atom is -0.497 e. The molecule has 0 heterocycles. The molecule has 1 aromatic carbocycles. The number of rotatable bonds is 5. The van der Waals surface area contributed by atoms with Crippen molar-refractivity contribution >= 4 is 11.6 Å². The zero-order chi connectivity index (χ0) is 14.6. The molecule has 1 aromatic rings. The van der Waals surface area contributed by atoms with Crippen LogP contribution in [0, 0.1) is 11.3 Å². The molecule has 0 aliphatic rings. The van der Waals surface area contributed by atoms with Crippen LogP contribution in [0.1, 0.15) is 52.2 Å². The summed E-state index contributed by atoms with van der Waals surface area (Å²) in [6, 6.07) is 5.42. The van der Waals surface area contributed by atoms with Gasteiger partial charge >= 0.3 is 0 Å². The number of aliphatic hydroxyl groups is 1. The maximum atomic E-state index is 10.3. The number of halogens is 1. The van der Waals surface area contributed by atoms with E-state index < -0.39 is 6.10 Å². The SMILES string of the molecule is COc1ccc([C@@H](O)C[C@H](C)CC(C)(C)C)c(Cl)c1. The van der Waals surface area contributed by atoms with Gasteiger partial charge in [-0.15, -0.1) is 0 Å². The van der Waals surface area contributed by atoms with E-state index in [1.54, 1.807) is 13.2 Å². The van der Waals surface area contributed by atoms with Crippen LogP contribution >= 0.6 is 11.6 Å². The molecule has 0 unspecified atom stereocenters. The number of benzene rings is 1. The van der Waals surface area contributed by atoms with Crippen molar-refractivity contribution in [3.63, 3.8) is 0 Å². The van der Waals surface area contributed by atoms with Crippen molar-refractivity contribution in [2.75, 3.05) is 7.11 Å². The third kappa shape index (κ3) is 5.42. The van der Waals surface area contributed by atoms with Crippen LogP contribution in [0.2, 0.25) is 5.02 Å². The molecular weight excluding hydrogens is 260 g/mol. The van der Waals surface area contributed by atoms with E-state index in [1.807, 2.05) is 12.1 Å². The lowest BCUT2D eigenvalue weighted by molar-refractivity contribution is 0.134. The summed E-state index contributed by atoms with van der Waals surface area (Å²) in [6.45, 7) is 8.83. The molecule has 0 radical (unpaired) electrons. The molecule has 0 bridgehead atoms. The molecule has 0 saturated heterocycles. The minimum atomic E-state index is -0.518. The molecule has 3 heteroatoms. The Labute approximate surface area is 121 Å². The summed E-state index contributed by atoms with van der Waals surface area (Å²) in [5.74, 6) is 1.16. The summed E-state index contributed by atoms with van der Waals surface area (Å²) in [7, 11) is 1.60. The van der Waals surface area contributed by atoms with Gasteiger partial charge in [0.25, 0.3) is 0 Å². The number of ether oxygens (including phenoxy) is 1. The molecular formula is C16H25ClO2. The summed E-state index contributed by atoms with van der Waals surface area (Å²) in [4.78, 5) is 0. The van der Waals surface area contributed by atoms with Gasteiger partial charge in [0.2, 0.25) is 0 Å². The lowest BCUT2D eigenvalue weighted by Gasteiger charge is -2.25. The van der Waals surface area contributed by atoms with E-state index in [2.05, 4.69) is 27.7 Å². The largest absolute Gasteiger partial charge is 0.497 e. The van der Waals surface area contributed by atoms with Crippen molar-refractivity contribution < 1.29 is 9.84 Å². The standard InChI is InChI=1S/C16H25ClO2/c1-11(10-16(2,3)4)8-15(18)13-7-6-12(19-5)9-14(13)17/h6-7,9,11,15,18H,8,10H2,1-5H3/t11-,15-/m0/s1. The second kappa shape index (κ2) is 6.62. The molecule has 2 nitrogen and oxygen atoms in total. The van der Waals surface area contributed by atoms with Crippen molar-refractivity contribution in [3.05, 3.63) is 28.8 Å². The van der Waals surface area contributed by atoms with Crippen LogP contribution in [-0.4, -0.2) is 12.2 Å². The fourth-order valence-electron chi connectivity index (χ4n) is 2.54. The third-order valence-electron chi connectivity index (χ3n) is 3.15. The predicted octanol–water partition coefficient (Wildman–Crippen LogP) is 4.84. The van der Waals surface area contributed by atoms with E-state index in [0.717, 1.165) is 18.4 Å². The molecule has 1 N–H and O–H groups in total. The van der Waals surface area contributed by atoms with E-state index in [1.165, 1.54) is 0 Å². The van der Waals surface area contributed by atoms with Crippen LogP contribution < -0.4 is 4.74 Å². The van der Waals surface area contributed by atoms with Gasteiger partial charge in [0.05, 0.1) is 18.2 Å². The second-order valence-electron chi connectivity index (χ2n) is 6.51. The first kappa shape index (κ1) is 16.3. The van der Waals surface area contributed by atoms with Gasteiger partial charge < -0.3 is 9.84 Å². The smallest absolute Gasteiger partial charge is 0.120 e. The topological polar surface area (TPSA) is 29.5 Å². The quantitative estimate of drug-likeness (QED) is 0.838. The molecule has 0 aliphatic heterocycles. The maximum Gasteiger partial charge on any atom is 0.120 e. The zero-order valence-corrected chi connectivity index (χ0v) is 13.3. The summed E-state index contributed by atoms with van der Waals surface area (Å²) in [5.41, 5.74) is 1.06. The lowest BCUT2D eigenvalue weighted by Crippen LogP contribution is -2.13. The summed E-state index contributed by atoms with van der Waals surface area (Å²) in [6.07, 6.45) is 1.29. The minimum absolute atomic E-state index is 0.281. The van der Waals surface area contributed by atoms with E-state index in [9.17, 15) is 5.11 Å². The van der Waals surface area contributed by atoms with Gasteiger partial charge in [-0.3, -0.25) is 0 Å². The molecule has 0 saturated carbocycles. The van der Waals surface area contributed by atoms with E-state index in [-0.39, 0.29) is 5.41 Å². The zero-order valence-electron chi connectivity index (χ0n) is 12.5.